The Morgan fingerprint density at radius 3 is 2.41 bits per heavy atom. The third-order valence-electron chi connectivity index (χ3n) is 2.36. The van der Waals surface area contributed by atoms with Crippen LogP contribution in [0.3, 0.4) is 0 Å². The minimum absolute atomic E-state index is 0.156. The monoisotopic (exact) mass is 259 g/mol. The molecular weight excluding hydrogens is 242 g/mol. The molecular formula is C11H18ClN3O2. The van der Waals surface area contributed by atoms with E-state index in [2.05, 4.69) is 15.3 Å². The highest BCUT2D eigenvalue weighted by atomic mass is 35.5. The average Bonchev–Trinajstić information content (AvgIpc) is 2.28. The van der Waals surface area contributed by atoms with Crippen molar-refractivity contribution in [3.63, 3.8) is 0 Å². The average molecular weight is 260 g/mol. The van der Waals surface area contributed by atoms with Crippen molar-refractivity contribution in [2.45, 2.75) is 32.2 Å². The summed E-state index contributed by atoms with van der Waals surface area (Å²) in [6.07, 6.45) is 0. The number of aliphatic hydroxyl groups excluding tert-OH is 2. The molecule has 96 valence electrons. The fraction of sp³-hybridized carbons (Fsp3) is 0.636. The van der Waals surface area contributed by atoms with Crippen molar-refractivity contribution in [2.75, 3.05) is 18.5 Å². The van der Waals surface area contributed by atoms with Crippen LogP contribution in [0.5, 0.6) is 0 Å². The van der Waals surface area contributed by atoms with E-state index in [0.717, 1.165) is 0 Å². The highest BCUT2D eigenvalue weighted by molar-refractivity contribution is 6.29. The minimum atomic E-state index is -0.827. The molecule has 1 aromatic rings. The third-order valence-corrected chi connectivity index (χ3v) is 2.55. The molecule has 0 aliphatic rings. The Bertz CT molecular complexity index is 381. The Labute approximate surface area is 106 Å². The van der Waals surface area contributed by atoms with Crippen LogP contribution in [0.2, 0.25) is 5.15 Å². The van der Waals surface area contributed by atoms with Crippen molar-refractivity contribution in [1.29, 1.82) is 0 Å². The summed E-state index contributed by atoms with van der Waals surface area (Å²) in [5.41, 5.74) is -0.827. The quantitative estimate of drug-likeness (QED) is 0.697. The van der Waals surface area contributed by atoms with E-state index in [1.807, 2.05) is 13.8 Å². The molecule has 1 rings (SSSR count). The van der Waals surface area contributed by atoms with E-state index in [0.29, 0.717) is 16.8 Å². The first-order valence-corrected chi connectivity index (χ1v) is 5.82. The van der Waals surface area contributed by atoms with E-state index in [-0.39, 0.29) is 19.1 Å². The predicted octanol–water partition coefficient (Wildman–Crippen LogP) is 1.41. The number of rotatable bonds is 5. The number of hydrogen-bond acceptors (Lipinski definition) is 5. The van der Waals surface area contributed by atoms with Crippen LogP contribution in [0.15, 0.2) is 6.07 Å². The first kappa shape index (κ1) is 14.2. The standard InChI is InChI=1S/C11H18ClN3O2/c1-7(2)10-13-8(12)4-9(14-10)15-11(3,5-16)6-17/h4,7,16-17H,5-6H2,1-3H3,(H,13,14,15). The van der Waals surface area contributed by atoms with Gasteiger partial charge in [0, 0.05) is 12.0 Å². The zero-order valence-corrected chi connectivity index (χ0v) is 11.0. The zero-order valence-electron chi connectivity index (χ0n) is 10.2. The molecule has 0 saturated carbocycles. The van der Waals surface area contributed by atoms with Gasteiger partial charge in [0.15, 0.2) is 0 Å². The van der Waals surface area contributed by atoms with Gasteiger partial charge in [-0.25, -0.2) is 9.97 Å². The molecule has 0 amide bonds. The van der Waals surface area contributed by atoms with Crippen LogP contribution in [0.1, 0.15) is 32.5 Å². The molecule has 1 aromatic heterocycles. The molecule has 0 spiro atoms. The second kappa shape index (κ2) is 5.62. The van der Waals surface area contributed by atoms with Gasteiger partial charge in [-0.05, 0) is 6.92 Å². The highest BCUT2D eigenvalue weighted by Crippen LogP contribution is 2.19. The van der Waals surface area contributed by atoms with Crippen molar-refractivity contribution < 1.29 is 10.2 Å². The molecule has 6 heteroatoms. The van der Waals surface area contributed by atoms with Crippen molar-refractivity contribution in [2.24, 2.45) is 0 Å². The first-order chi connectivity index (χ1) is 7.90. The maximum Gasteiger partial charge on any atom is 0.135 e. The van der Waals surface area contributed by atoms with Crippen LogP contribution >= 0.6 is 11.6 Å². The fourth-order valence-electron chi connectivity index (χ4n) is 1.20. The summed E-state index contributed by atoms with van der Waals surface area (Å²) >= 11 is 5.89. The van der Waals surface area contributed by atoms with Gasteiger partial charge < -0.3 is 15.5 Å². The Morgan fingerprint density at radius 2 is 1.94 bits per heavy atom. The summed E-state index contributed by atoms with van der Waals surface area (Å²) in [7, 11) is 0. The summed E-state index contributed by atoms with van der Waals surface area (Å²) in [5.74, 6) is 1.28. The molecule has 5 nitrogen and oxygen atoms in total. The normalized spacial score (nSPS) is 11.9. The van der Waals surface area contributed by atoms with Gasteiger partial charge in [-0.15, -0.1) is 0 Å². The van der Waals surface area contributed by atoms with Crippen molar-refractivity contribution in [1.82, 2.24) is 9.97 Å². The van der Waals surface area contributed by atoms with Gasteiger partial charge in [-0.1, -0.05) is 25.4 Å². The summed E-state index contributed by atoms with van der Waals surface area (Å²) in [6.45, 7) is 5.21. The van der Waals surface area contributed by atoms with Gasteiger partial charge in [-0.2, -0.15) is 0 Å². The van der Waals surface area contributed by atoms with E-state index < -0.39 is 5.54 Å². The van der Waals surface area contributed by atoms with Crippen LogP contribution in [-0.4, -0.2) is 38.9 Å². The number of aliphatic hydroxyl groups is 2. The van der Waals surface area contributed by atoms with Crippen molar-refractivity contribution >= 4 is 17.4 Å². The molecule has 0 aliphatic carbocycles. The SMILES string of the molecule is CC(C)c1nc(Cl)cc(NC(C)(CO)CO)n1. The lowest BCUT2D eigenvalue weighted by atomic mass is 10.1. The van der Waals surface area contributed by atoms with Crippen LogP contribution in [0.4, 0.5) is 5.82 Å². The minimum Gasteiger partial charge on any atom is -0.394 e. The Morgan fingerprint density at radius 1 is 1.35 bits per heavy atom. The topological polar surface area (TPSA) is 78.3 Å². The molecule has 1 heterocycles. The maximum atomic E-state index is 9.20. The number of aromatic nitrogens is 2. The van der Waals surface area contributed by atoms with Gasteiger partial charge in [0.1, 0.15) is 16.8 Å². The van der Waals surface area contributed by atoms with Crippen LogP contribution in [0, 0.1) is 0 Å². The van der Waals surface area contributed by atoms with E-state index in [1.54, 1.807) is 13.0 Å². The summed E-state index contributed by atoms with van der Waals surface area (Å²) in [4.78, 5) is 8.39. The van der Waals surface area contributed by atoms with Gasteiger partial charge in [-0.3, -0.25) is 0 Å². The van der Waals surface area contributed by atoms with E-state index >= 15 is 0 Å². The third kappa shape index (κ3) is 3.80. The largest absolute Gasteiger partial charge is 0.394 e. The second-order valence-corrected chi connectivity index (χ2v) is 4.98. The van der Waals surface area contributed by atoms with E-state index in [1.165, 1.54) is 0 Å². The smallest absolute Gasteiger partial charge is 0.135 e. The van der Waals surface area contributed by atoms with Gasteiger partial charge >= 0.3 is 0 Å². The van der Waals surface area contributed by atoms with Crippen molar-refractivity contribution in [3.05, 3.63) is 17.0 Å². The predicted molar refractivity (Wildman–Crippen MR) is 67.3 cm³/mol. The number of nitrogens with zero attached hydrogens (tertiary/aromatic N) is 2. The molecule has 0 unspecified atom stereocenters. The maximum absolute atomic E-state index is 9.20. The van der Waals surface area contributed by atoms with E-state index in [4.69, 9.17) is 11.6 Å². The molecule has 0 fully saturated rings. The molecule has 0 radical (unpaired) electrons. The lowest BCUT2D eigenvalue weighted by Crippen LogP contribution is -2.42. The summed E-state index contributed by atoms with van der Waals surface area (Å²) < 4.78 is 0. The van der Waals surface area contributed by atoms with Gasteiger partial charge in [0.25, 0.3) is 0 Å². The van der Waals surface area contributed by atoms with Gasteiger partial charge in [0.2, 0.25) is 0 Å². The van der Waals surface area contributed by atoms with Crippen LogP contribution in [-0.2, 0) is 0 Å². The zero-order chi connectivity index (χ0) is 13.1. The Balaban J connectivity index is 2.98. The summed E-state index contributed by atoms with van der Waals surface area (Å²) in [6, 6.07) is 1.57. The number of halogens is 1. The lowest BCUT2D eigenvalue weighted by Gasteiger charge is -2.27. The Hall–Kier alpha value is -0.910. The fourth-order valence-corrected chi connectivity index (χ4v) is 1.39. The number of nitrogens with one attached hydrogen (secondary N) is 1. The second-order valence-electron chi connectivity index (χ2n) is 4.59. The summed E-state index contributed by atoms with van der Waals surface area (Å²) in [5, 5.41) is 21.7. The molecule has 17 heavy (non-hydrogen) atoms. The number of anilines is 1. The van der Waals surface area contributed by atoms with E-state index in [9.17, 15) is 10.2 Å². The van der Waals surface area contributed by atoms with Crippen LogP contribution < -0.4 is 5.32 Å². The van der Waals surface area contributed by atoms with Crippen molar-refractivity contribution in [3.8, 4) is 0 Å². The molecule has 0 aromatic carbocycles. The molecule has 0 saturated heterocycles. The first-order valence-electron chi connectivity index (χ1n) is 5.44. The lowest BCUT2D eigenvalue weighted by molar-refractivity contribution is 0.147. The van der Waals surface area contributed by atoms with Crippen LogP contribution in [0.25, 0.3) is 0 Å². The molecule has 3 N–H and O–H groups in total. The molecule has 0 aliphatic heterocycles. The highest BCUT2D eigenvalue weighted by Gasteiger charge is 2.23. The molecule has 0 atom stereocenters. The van der Waals surface area contributed by atoms with Gasteiger partial charge in [0.05, 0.1) is 18.8 Å². The number of hydrogen-bond donors (Lipinski definition) is 3. The Kier molecular flexibility index (Phi) is 4.68. The molecule has 0 bridgehead atoms.